The van der Waals surface area contributed by atoms with Crippen molar-refractivity contribution in [1.29, 1.82) is 0 Å². The molecule has 0 radical (unpaired) electrons. The molecule has 3 aromatic rings. The number of rotatable bonds is 13. The van der Waals surface area contributed by atoms with E-state index < -0.39 is 34.3 Å². The van der Waals surface area contributed by atoms with Gasteiger partial charge < -0.3 is 10.2 Å². The fraction of sp³-hybridized carbons (Fsp3) is 0.310. The third-order valence-electron chi connectivity index (χ3n) is 6.14. The molecule has 1 atom stereocenters. The van der Waals surface area contributed by atoms with Crippen LogP contribution in [0.5, 0.6) is 0 Å². The maximum absolute atomic E-state index is 13.9. The van der Waals surface area contributed by atoms with Crippen molar-refractivity contribution in [3.05, 3.63) is 96.3 Å². The number of hydrogen-bond acceptors (Lipinski definition) is 4. The molecule has 0 saturated carbocycles. The Balaban J connectivity index is 1.99. The molecule has 0 heterocycles. The normalized spacial score (nSPS) is 12.0. The highest BCUT2D eigenvalue weighted by atomic mass is 32.2. The van der Waals surface area contributed by atoms with Crippen molar-refractivity contribution in [2.45, 2.75) is 50.6 Å². The van der Waals surface area contributed by atoms with Gasteiger partial charge in [0, 0.05) is 13.1 Å². The Morgan fingerprint density at radius 1 is 0.895 bits per heavy atom. The van der Waals surface area contributed by atoms with Gasteiger partial charge in [-0.05, 0) is 54.8 Å². The smallest absolute Gasteiger partial charge is 0.264 e. The Morgan fingerprint density at radius 3 is 2.08 bits per heavy atom. The zero-order chi connectivity index (χ0) is 27.5. The minimum absolute atomic E-state index is 0.0207. The molecule has 3 rings (SSSR count). The van der Waals surface area contributed by atoms with Gasteiger partial charge in [0.1, 0.15) is 18.4 Å². The second-order valence-electron chi connectivity index (χ2n) is 8.88. The molecule has 0 fully saturated rings. The van der Waals surface area contributed by atoms with E-state index in [-0.39, 0.29) is 17.3 Å². The quantitative estimate of drug-likeness (QED) is 0.318. The van der Waals surface area contributed by atoms with Gasteiger partial charge in [-0.15, -0.1) is 0 Å². The van der Waals surface area contributed by atoms with Gasteiger partial charge in [-0.25, -0.2) is 12.8 Å². The second-order valence-corrected chi connectivity index (χ2v) is 10.7. The Hall–Kier alpha value is -3.72. The van der Waals surface area contributed by atoms with Crippen LogP contribution in [0.1, 0.15) is 38.7 Å². The zero-order valence-electron chi connectivity index (χ0n) is 21.7. The first-order valence-corrected chi connectivity index (χ1v) is 14.2. The van der Waals surface area contributed by atoms with Gasteiger partial charge in [-0.1, -0.05) is 68.8 Å². The molecule has 2 amide bonds. The summed E-state index contributed by atoms with van der Waals surface area (Å²) in [5, 5.41) is 2.88. The number of carbonyl (C=O) groups is 2. The minimum atomic E-state index is -4.10. The van der Waals surface area contributed by atoms with E-state index in [2.05, 4.69) is 5.32 Å². The first-order valence-electron chi connectivity index (χ1n) is 12.7. The monoisotopic (exact) mass is 539 g/mol. The number of unbranched alkanes of at least 4 members (excludes halogenated alkanes) is 1. The summed E-state index contributed by atoms with van der Waals surface area (Å²) in [4.78, 5) is 28.4. The van der Waals surface area contributed by atoms with E-state index in [4.69, 9.17) is 0 Å². The molecule has 202 valence electrons. The van der Waals surface area contributed by atoms with Crippen molar-refractivity contribution >= 4 is 27.5 Å². The van der Waals surface area contributed by atoms with E-state index in [1.807, 2.05) is 6.92 Å². The number of hydrogen-bond donors (Lipinski definition) is 1. The molecule has 1 N–H and O–H groups in total. The summed E-state index contributed by atoms with van der Waals surface area (Å²) in [6.07, 6.45) is 2.02. The highest BCUT2D eigenvalue weighted by Crippen LogP contribution is 2.24. The predicted octanol–water partition coefficient (Wildman–Crippen LogP) is 4.74. The first-order chi connectivity index (χ1) is 18.3. The summed E-state index contributed by atoms with van der Waals surface area (Å²) in [5.41, 5.74) is 0.948. The number of nitrogens with zero attached hydrogens (tertiary/aromatic N) is 2. The number of nitrogens with one attached hydrogen (secondary N) is 1. The number of carbonyl (C=O) groups excluding carboxylic acids is 2. The Morgan fingerprint density at radius 2 is 1.50 bits per heavy atom. The SMILES string of the molecule is CCCCNC(=O)[C@@H](CC)N(Cc1ccc(F)cc1)C(=O)CN(c1ccccc1)S(=O)(=O)c1ccccc1. The number of halogens is 1. The number of para-hydroxylation sites is 1. The van der Waals surface area contributed by atoms with Crippen LogP contribution in [0, 0.1) is 5.82 Å². The summed E-state index contributed by atoms with van der Waals surface area (Å²) in [7, 11) is -4.10. The molecule has 0 aliphatic rings. The molecule has 0 aliphatic carbocycles. The van der Waals surface area contributed by atoms with Gasteiger partial charge in [-0.3, -0.25) is 13.9 Å². The maximum atomic E-state index is 13.9. The van der Waals surface area contributed by atoms with Crippen molar-refractivity contribution in [2.75, 3.05) is 17.4 Å². The highest BCUT2D eigenvalue weighted by molar-refractivity contribution is 7.92. The largest absolute Gasteiger partial charge is 0.354 e. The first kappa shape index (κ1) is 28.8. The third kappa shape index (κ3) is 7.41. The minimum Gasteiger partial charge on any atom is -0.354 e. The third-order valence-corrected chi connectivity index (χ3v) is 7.92. The van der Waals surface area contributed by atoms with Gasteiger partial charge in [-0.2, -0.15) is 0 Å². The number of anilines is 1. The van der Waals surface area contributed by atoms with Gasteiger partial charge in [0.15, 0.2) is 0 Å². The summed E-state index contributed by atoms with van der Waals surface area (Å²) < 4.78 is 41.9. The number of benzene rings is 3. The molecule has 0 spiro atoms. The van der Waals surface area contributed by atoms with E-state index in [1.54, 1.807) is 67.6 Å². The molecule has 0 aromatic heterocycles. The second kappa shape index (κ2) is 13.7. The van der Waals surface area contributed by atoms with E-state index in [0.29, 0.717) is 24.2 Å². The van der Waals surface area contributed by atoms with Crippen LogP contribution >= 0.6 is 0 Å². The average Bonchev–Trinajstić information content (AvgIpc) is 2.93. The zero-order valence-corrected chi connectivity index (χ0v) is 22.5. The lowest BCUT2D eigenvalue weighted by Gasteiger charge is -2.33. The van der Waals surface area contributed by atoms with Gasteiger partial charge in [0.25, 0.3) is 10.0 Å². The molecule has 7 nitrogen and oxygen atoms in total. The van der Waals surface area contributed by atoms with E-state index >= 15 is 0 Å². The van der Waals surface area contributed by atoms with Crippen LogP contribution in [0.4, 0.5) is 10.1 Å². The van der Waals surface area contributed by atoms with Crippen LogP contribution in [0.2, 0.25) is 0 Å². The summed E-state index contributed by atoms with van der Waals surface area (Å²) in [6.45, 7) is 3.79. The average molecular weight is 540 g/mol. The van der Waals surface area contributed by atoms with Gasteiger partial charge >= 0.3 is 0 Å². The van der Waals surface area contributed by atoms with E-state index in [0.717, 1.165) is 17.1 Å². The molecule has 0 bridgehead atoms. The van der Waals surface area contributed by atoms with Crippen molar-refractivity contribution in [1.82, 2.24) is 10.2 Å². The molecule has 38 heavy (non-hydrogen) atoms. The van der Waals surface area contributed by atoms with Crippen LogP contribution in [0.25, 0.3) is 0 Å². The Bertz CT molecular complexity index is 1290. The van der Waals surface area contributed by atoms with Crippen LogP contribution in [-0.4, -0.2) is 44.3 Å². The Labute approximate surface area is 224 Å². The van der Waals surface area contributed by atoms with E-state index in [9.17, 15) is 22.4 Å². The van der Waals surface area contributed by atoms with Crippen molar-refractivity contribution < 1.29 is 22.4 Å². The summed E-state index contributed by atoms with van der Waals surface area (Å²) in [5.74, 6) is -1.27. The van der Waals surface area contributed by atoms with Gasteiger partial charge in [0.05, 0.1) is 10.6 Å². The lowest BCUT2D eigenvalue weighted by atomic mass is 10.1. The molecular formula is C29H34FN3O4S. The Kier molecular flexibility index (Phi) is 10.4. The fourth-order valence-corrected chi connectivity index (χ4v) is 5.49. The molecule has 3 aromatic carbocycles. The van der Waals surface area contributed by atoms with Crippen LogP contribution in [-0.2, 0) is 26.2 Å². The lowest BCUT2D eigenvalue weighted by Crippen LogP contribution is -2.52. The van der Waals surface area contributed by atoms with Crippen molar-refractivity contribution in [2.24, 2.45) is 0 Å². The topological polar surface area (TPSA) is 86.8 Å². The molecule has 9 heteroatoms. The highest BCUT2D eigenvalue weighted by Gasteiger charge is 2.33. The summed E-state index contributed by atoms with van der Waals surface area (Å²) in [6, 6.07) is 21.1. The van der Waals surface area contributed by atoms with E-state index in [1.165, 1.54) is 29.2 Å². The van der Waals surface area contributed by atoms with Crippen molar-refractivity contribution in [3.8, 4) is 0 Å². The standard InChI is InChI=1S/C29H34FN3O4S/c1-3-5-20-31-29(35)27(4-2)32(21-23-16-18-24(30)19-17-23)28(34)22-33(25-12-8-6-9-13-25)38(36,37)26-14-10-7-11-15-26/h6-19,27H,3-5,20-22H2,1-2H3,(H,31,35)/t27-/m1/s1. The van der Waals surface area contributed by atoms with Crippen LogP contribution in [0.15, 0.2) is 89.8 Å². The maximum Gasteiger partial charge on any atom is 0.264 e. The molecule has 0 aliphatic heterocycles. The number of sulfonamides is 1. The van der Waals surface area contributed by atoms with Crippen LogP contribution in [0.3, 0.4) is 0 Å². The van der Waals surface area contributed by atoms with Gasteiger partial charge in [0.2, 0.25) is 11.8 Å². The molecule has 0 unspecified atom stereocenters. The van der Waals surface area contributed by atoms with Crippen LogP contribution < -0.4 is 9.62 Å². The molecule has 0 saturated heterocycles. The molecular weight excluding hydrogens is 505 g/mol. The predicted molar refractivity (Wildman–Crippen MR) is 146 cm³/mol. The summed E-state index contributed by atoms with van der Waals surface area (Å²) >= 11 is 0. The fourth-order valence-electron chi connectivity index (χ4n) is 4.05. The van der Waals surface area contributed by atoms with Crippen molar-refractivity contribution in [3.63, 3.8) is 0 Å². The lowest BCUT2D eigenvalue weighted by molar-refractivity contribution is -0.140. The number of amides is 2.